The number of likely N-dealkylation sites (tertiary alicyclic amines) is 1. The molecule has 6 nitrogen and oxygen atoms in total. The maximum absolute atomic E-state index is 12.5. The van der Waals surface area contributed by atoms with E-state index in [0.717, 1.165) is 11.1 Å². The summed E-state index contributed by atoms with van der Waals surface area (Å²) in [6.07, 6.45) is -0.897. The van der Waals surface area contributed by atoms with Gasteiger partial charge in [0.1, 0.15) is 12.6 Å². The first kappa shape index (κ1) is 17.7. The predicted molar refractivity (Wildman–Crippen MR) is 93.1 cm³/mol. The number of nitrogens with zero attached hydrogens (tertiary/aromatic N) is 1. The normalized spacial score (nSPS) is 19.4. The van der Waals surface area contributed by atoms with Crippen LogP contribution in [-0.2, 0) is 27.4 Å². The Morgan fingerprint density at radius 2 is 1.58 bits per heavy atom. The molecule has 0 saturated carbocycles. The van der Waals surface area contributed by atoms with Crippen molar-refractivity contribution in [2.24, 2.45) is 5.92 Å². The summed E-state index contributed by atoms with van der Waals surface area (Å²) in [7, 11) is 0. The Labute approximate surface area is 151 Å². The molecule has 1 aliphatic heterocycles. The van der Waals surface area contributed by atoms with Crippen molar-refractivity contribution in [1.82, 2.24) is 4.90 Å². The van der Waals surface area contributed by atoms with Gasteiger partial charge in [-0.3, -0.25) is 4.79 Å². The zero-order valence-corrected chi connectivity index (χ0v) is 14.1. The third-order valence-corrected chi connectivity index (χ3v) is 4.43. The molecule has 2 amide bonds. The number of carbonyl (C=O) groups excluding carboxylic acids is 2. The number of carbonyl (C=O) groups is 3. The van der Waals surface area contributed by atoms with Crippen molar-refractivity contribution in [2.45, 2.75) is 25.5 Å². The summed E-state index contributed by atoms with van der Waals surface area (Å²) in [6.45, 7) is 0.0428. The number of esters is 1. The highest BCUT2D eigenvalue weighted by Crippen LogP contribution is 2.29. The fourth-order valence-corrected chi connectivity index (χ4v) is 3.15. The van der Waals surface area contributed by atoms with Gasteiger partial charge in [0.05, 0.1) is 0 Å². The number of hydrogen-bond donors (Lipinski definition) is 1. The van der Waals surface area contributed by atoms with Crippen LogP contribution in [0.25, 0.3) is 0 Å². The molecular formula is C20H19NO5. The fourth-order valence-electron chi connectivity index (χ4n) is 3.15. The van der Waals surface area contributed by atoms with Gasteiger partial charge >= 0.3 is 12.1 Å². The van der Waals surface area contributed by atoms with E-state index in [2.05, 4.69) is 0 Å². The minimum atomic E-state index is -1.42. The van der Waals surface area contributed by atoms with Gasteiger partial charge in [-0.2, -0.15) is 0 Å². The van der Waals surface area contributed by atoms with Crippen molar-refractivity contribution in [3.63, 3.8) is 0 Å². The number of ether oxygens (including phenoxy) is 1. The third-order valence-electron chi connectivity index (χ3n) is 4.43. The Kier molecular flexibility index (Phi) is 5.31. The Bertz CT molecular complexity index is 790. The first-order valence-corrected chi connectivity index (χ1v) is 8.36. The number of amides is 2. The van der Waals surface area contributed by atoms with Crippen molar-refractivity contribution in [3.05, 3.63) is 71.8 Å². The highest BCUT2D eigenvalue weighted by Gasteiger charge is 2.47. The average Bonchev–Trinajstić information content (AvgIpc) is 2.98. The lowest BCUT2D eigenvalue weighted by Crippen LogP contribution is -2.43. The van der Waals surface area contributed by atoms with Crippen molar-refractivity contribution < 1.29 is 24.2 Å². The smallest absolute Gasteiger partial charge is 0.414 e. The van der Waals surface area contributed by atoms with E-state index < -0.39 is 29.9 Å². The summed E-state index contributed by atoms with van der Waals surface area (Å²) >= 11 is 0. The fraction of sp³-hybridized carbons (Fsp3) is 0.250. The molecule has 6 heteroatoms. The summed E-state index contributed by atoms with van der Waals surface area (Å²) in [5.74, 6) is -1.80. The highest BCUT2D eigenvalue weighted by molar-refractivity contribution is 6.00. The second-order valence-corrected chi connectivity index (χ2v) is 6.22. The van der Waals surface area contributed by atoms with Crippen molar-refractivity contribution in [2.75, 3.05) is 0 Å². The van der Waals surface area contributed by atoms with Crippen LogP contribution < -0.4 is 0 Å². The molecule has 1 saturated heterocycles. The minimum absolute atomic E-state index is 0.0428. The minimum Gasteiger partial charge on any atom is -0.465 e. The SMILES string of the molecule is O=C(OCc1ccccc1)[C@H]1C[C@H](Cc2ccccc2)C(=O)N1C(=O)O. The quantitative estimate of drug-likeness (QED) is 0.836. The van der Waals surface area contributed by atoms with Gasteiger partial charge in [-0.05, 0) is 24.0 Å². The molecule has 134 valence electrons. The maximum atomic E-state index is 12.5. The standard InChI is InChI=1S/C20H19NO5/c22-18-16(11-14-7-3-1-4-8-14)12-17(21(18)20(24)25)19(23)26-13-15-9-5-2-6-10-15/h1-10,16-17H,11-13H2,(H,24,25)/t16-,17+/m0/s1. The topological polar surface area (TPSA) is 83.9 Å². The lowest BCUT2D eigenvalue weighted by molar-refractivity contribution is -0.152. The van der Waals surface area contributed by atoms with E-state index in [0.29, 0.717) is 11.3 Å². The second kappa shape index (κ2) is 7.82. The molecule has 1 aliphatic rings. The molecule has 2 aromatic carbocycles. The molecule has 1 heterocycles. The van der Waals surface area contributed by atoms with E-state index in [1.807, 2.05) is 48.5 Å². The summed E-state index contributed by atoms with van der Waals surface area (Å²) in [6, 6.07) is 17.3. The second-order valence-electron chi connectivity index (χ2n) is 6.22. The van der Waals surface area contributed by atoms with E-state index in [-0.39, 0.29) is 13.0 Å². The molecule has 26 heavy (non-hydrogen) atoms. The number of imide groups is 1. The Hall–Kier alpha value is -3.15. The molecular weight excluding hydrogens is 334 g/mol. The summed E-state index contributed by atoms with van der Waals surface area (Å²) in [4.78, 5) is 37.0. The van der Waals surface area contributed by atoms with Crippen LogP contribution in [0.1, 0.15) is 17.5 Å². The number of rotatable bonds is 5. The van der Waals surface area contributed by atoms with Gasteiger partial charge in [-0.25, -0.2) is 14.5 Å². The summed E-state index contributed by atoms with van der Waals surface area (Å²) in [5, 5.41) is 9.37. The molecule has 3 rings (SSSR count). The third kappa shape index (κ3) is 3.91. The monoisotopic (exact) mass is 353 g/mol. The first-order chi connectivity index (χ1) is 12.6. The predicted octanol–water partition coefficient (Wildman–Crippen LogP) is 2.87. The van der Waals surface area contributed by atoms with Crippen molar-refractivity contribution in [3.8, 4) is 0 Å². The molecule has 2 atom stereocenters. The lowest BCUT2D eigenvalue weighted by Gasteiger charge is -2.18. The molecule has 2 aromatic rings. The van der Waals surface area contributed by atoms with Crippen LogP contribution in [0.5, 0.6) is 0 Å². The molecule has 0 aliphatic carbocycles. The molecule has 0 radical (unpaired) electrons. The Balaban J connectivity index is 1.69. The van der Waals surface area contributed by atoms with Crippen molar-refractivity contribution in [1.29, 1.82) is 0 Å². The van der Waals surface area contributed by atoms with Crippen LogP contribution in [0.2, 0.25) is 0 Å². The van der Waals surface area contributed by atoms with E-state index in [9.17, 15) is 19.5 Å². The molecule has 0 aromatic heterocycles. The Morgan fingerprint density at radius 1 is 1.00 bits per heavy atom. The largest absolute Gasteiger partial charge is 0.465 e. The lowest BCUT2D eigenvalue weighted by atomic mass is 9.96. The van der Waals surface area contributed by atoms with Crippen LogP contribution >= 0.6 is 0 Å². The number of carboxylic acid groups (broad SMARTS) is 1. The molecule has 1 fully saturated rings. The van der Waals surface area contributed by atoms with Crippen LogP contribution in [0.4, 0.5) is 4.79 Å². The van der Waals surface area contributed by atoms with Gasteiger partial charge < -0.3 is 9.84 Å². The summed E-state index contributed by atoms with van der Waals surface area (Å²) < 4.78 is 5.24. The average molecular weight is 353 g/mol. The highest BCUT2D eigenvalue weighted by atomic mass is 16.5. The molecule has 0 spiro atoms. The van der Waals surface area contributed by atoms with Gasteiger partial charge in [-0.1, -0.05) is 60.7 Å². The van der Waals surface area contributed by atoms with Crippen molar-refractivity contribution >= 4 is 18.0 Å². The molecule has 0 unspecified atom stereocenters. The molecule has 0 bridgehead atoms. The van der Waals surface area contributed by atoms with E-state index in [1.165, 1.54) is 0 Å². The van der Waals surface area contributed by atoms with Gasteiger partial charge in [0.25, 0.3) is 0 Å². The molecule has 1 N–H and O–H groups in total. The van der Waals surface area contributed by atoms with E-state index >= 15 is 0 Å². The van der Waals surface area contributed by atoms with Crippen LogP contribution in [0, 0.1) is 5.92 Å². The number of benzene rings is 2. The van der Waals surface area contributed by atoms with Crippen LogP contribution in [-0.4, -0.2) is 34.0 Å². The maximum Gasteiger partial charge on any atom is 0.414 e. The summed E-state index contributed by atoms with van der Waals surface area (Å²) in [5.41, 5.74) is 1.72. The van der Waals surface area contributed by atoms with Crippen LogP contribution in [0.3, 0.4) is 0 Å². The zero-order chi connectivity index (χ0) is 18.5. The van der Waals surface area contributed by atoms with E-state index in [1.54, 1.807) is 12.1 Å². The Morgan fingerprint density at radius 3 is 2.15 bits per heavy atom. The first-order valence-electron chi connectivity index (χ1n) is 8.36. The number of hydrogen-bond acceptors (Lipinski definition) is 4. The van der Waals surface area contributed by atoms with Gasteiger partial charge in [0.2, 0.25) is 5.91 Å². The van der Waals surface area contributed by atoms with Gasteiger partial charge in [-0.15, -0.1) is 0 Å². The van der Waals surface area contributed by atoms with Gasteiger partial charge in [0, 0.05) is 5.92 Å². The van der Waals surface area contributed by atoms with Gasteiger partial charge in [0.15, 0.2) is 0 Å². The zero-order valence-electron chi connectivity index (χ0n) is 14.1. The van der Waals surface area contributed by atoms with E-state index in [4.69, 9.17) is 4.74 Å². The van der Waals surface area contributed by atoms with Crippen LogP contribution in [0.15, 0.2) is 60.7 Å².